The zero-order chi connectivity index (χ0) is 13.2. The van der Waals surface area contributed by atoms with E-state index in [9.17, 15) is 4.39 Å². The number of halogens is 1. The number of hydrogen-bond acceptors (Lipinski definition) is 2. The van der Waals surface area contributed by atoms with E-state index in [1.807, 2.05) is 41.9 Å². The molecule has 0 atom stereocenters. The van der Waals surface area contributed by atoms with Gasteiger partial charge >= 0.3 is 0 Å². The van der Waals surface area contributed by atoms with Gasteiger partial charge in [0.25, 0.3) is 0 Å². The highest BCUT2D eigenvalue weighted by molar-refractivity contribution is 5.76. The van der Waals surface area contributed by atoms with Crippen LogP contribution in [0.5, 0.6) is 0 Å². The van der Waals surface area contributed by atoms with Gasteiger partial charge in [0.05, 0.1) is 17.6 Å². The number of imidazole rings is 1. The molecule has 0 aliphatic carbocycles. The fourth-order valence-electron chi connectivity index (χ4n) is 2.11. The Hall–Kier alpha value is -2.36. The summed E-state index contributed by atoms with van der Waals surface area (Å²) in [6.45, 7) is 0.608. The maximum absolute atomic E-state index is 13.2. The summed E-state index contributed by atoms with van der Waals surface area (Å²) < 4.78 is 15.1. The summed E-state index contributed by atoms with van der Waals surface area (Å²) in [6.07, 6.45) is 0. The predicted molar refractivity (Wildman–Crippen MR) is 74.4 cm³/mol. The first-order chi connectivity index (χ1) is 9.24. The van der Waals surface area contributed by atoms with Crippen molar-refractivity contribution in [2.75, 3.05) is 5.32 Å². The van der Waals surface area contributed by atoms with E-state index in [0.717, 1.165) is 22.5 Å². The Labute approximate surface area is 110 Å². The molecule has 0 spiro atoms. The third-order valence-corrected chi connectivity index (χ3v) is 3.16. The molecule has 4 heteroatoms. The average molecular weight is 255 g/mol. The largest absolute Gasteiger partial charge is 0.378 e. The highest BCUT2D eigenvalue weighted by Gasteiger charge is 2.08. The summed E-state index contributed by atoms with van der Waals surface area (Å²) >= 11 is 0. The smallest absolute Gasteiger partial charge is 0.128 e. The predicted octanol–water partition coefficient (Wildman–Crippen LogP) is 3.32. The van der Waals surface area contributed by atoms with E-state index in [2.05, 4.69) is 10.3 Å². The van der Waals surface area contributed by atoms with Crippen LogP contribution in [0.2, 0.25) is 0 Å². The molecule has 19 heavy (non-hydrogen) atoms. The van der Waals surface area contributed by atoms with Crippen LogP contribution >= 0.6 is 0 Å². The summed E-state index contributed by atoms with van der Waals surface area (Å²) in [5.41, 5.74) is 2.67. The van der Waals surface area contributed by atoms with Crippen molar-refractivity contribution in [3.05, 3.63) is 60.2 Å². The summed E-state index contributed by atoms with van der Waals surface area (Å²) in [5, 5.41) is 3.30. The van der Waals surface area contributed by atoms with Crippen molar-refractivity contribution in [1.82, 2.24) is 9.55 Å². The van der Waals surface area contributed by atoms with E-state index in [0.29, 0.717) is 6.54 Å². The molecule has 0 saturated heterocycles. The zero-order valence-corrected chi connectivity index (χ0v) is 10.6. The molecule has 0 fully saturated rings. The minimum Gasteiger partial charge on any atom is -0.378 e. The van der Waals surface area contributed by atoms with E-state index in [1.54, 1.807) is 6.07 Å². The Morgan fingerprint density at radius 1 is 1.16 bits per heavy atom. The summed E-state index contributed by atoms with van der Waals surface area (Å²) in [6, 6.07) is 14.6. The molecule has 1 aromatic heterocycles. The van der Waals surface area contributed by atoms with Gasteiger partial charge in [-0.05, 0) is 30.3 Å². The van der Waals surface area contributed by atoms with Crippen LogP contribution in [-0.4, -0.2) is 9.55 Å². The molecule has 0 bridgehead atoms. The zero-order valence-electron chi connectivity index (χ0n) is 10.6. The van der Waals surface area contributed by atoms with Gasteiger partial charge in [0.2, 0.25) is 0 Å². The Bertz CT molecular complexity index is 704. The third-order valence-electron chi connectivity index (χ3n) is 3.16. The van der Waals surface area contributed by atoms with E-state index < -0.39 is 0 Å². The van der Waals surface area contributed by atoms with Crippen molar-refractivity contribution in [3.8, 4) is 0 Å². The van der Waals surface area contributed by atoms with Crippen molar-refractivity contribution in [2.45, 2.75) is 6.54 Å². The fraction of sp³-hybridized carbons (Fsp3) is 0.133. The van der Waals surface area contributed by atoms with Crippen molar-refractivity contribution < 1.29 is 4.39 Å². The van der Waals surface area contributed by atoms with Crippen LogP contribution in [0.15, 0.2) is 48.5 Å². The van der Waals surface area contributed by atoms with Gasteiger partial charge in [0, 0.05) is 12.7 Å². The summed E-state index contributed by atoms with van der Waals surface area (Å²) in [4.78, 5) is 4.50. The van der Waals surface area contributed by atoms with Gasteiger partial charge < -0.3 is 9.88 Å². The molecule has 96 valence electrons. The van der Waals surface area contributed by atoms with Gasteiger partial charge in [0.1, 0.15) is 11.6 Å². The molecule has 3 nitrogen and oxygen atoms in total. The van der Waals surface area contributed by atoms with Gasteiger partial charge in [-0.3, -0.25) is 0 Å². The first-order valence-corrected chi connectivity index (χ1v) is 6.14. The second kappa shape index (κ2) is 4.72. The van der Waals surface area contributed by atoms with Crippen LogP contribution in [0, 0.1) is 5.82 Å². The number of aryl methyl sites for hydroxylation is 1. The van der Waals surface area contributed by atoms with Gasteiger partial charge in [-0.25, -0.2) is 9.37 Å². The fourth-order valence-corrected chi connectivity index (χ4v) is 2.11. The molecule has 1 heterocycles. The molecular weight excluding hydrogens is 241 g/mol. The lowest BCUT2D eigenvalue weighted by Gasteiger charge is -2.06. The maximum Gasteiger partial charge on any atom is 0.128 e. The molecule has 2 aromatic carbocycles. The van der Waals surface area contributed by atoms with Crippen LogP contribution in [0.1, 0.15) is 5.82 Å². The van der Waals surface area contributed by atoms with Crippen molar-refractivity contribution in [2.24, 2.45) is 7.05 Å². The summed E-state index contributed by atoms with van der Waals surface area (Å²) in [5.74, 6) is 0.641. The van der Waals surface area contributed by atoms with Crippen molar-refractivity contribution in [1.29, 1.82) is 0 Å². The van der Waals surface area contributed by atoms with Crippen LogP contribution in [-0.2, 0) is 13.6 Å². The van der Waals surface area contributed by atoms with Gasteiger partial charge in [0.15, 0.2) is 0 Å². The molecule has 1 N–H and O–H groups in total. The number of para-hydroxylation sites is 1. The molecule has 3 aromatic rings. The first-order valence-electron chi connectivity index (χ1n) is 6.14. The number of nitrogens with one attached hydrogen (secondary N) is 1. The number of rotatable bonds is 3. The SMILES string of the molecule is Cn1c(CNc2ccccc2)nc2ccc(F)cc21. The number of nitrogens with zero attached hydrogens (tertiary/aromatic N) is 2. The standard InChI is InChI=1S/C15H14FN3/c1-19-14-9-11(16)7-8-13(14)18-15(19)10-17-12-5-3-2-4-6-12/h2-9,17H,10H2,1H3. The molecule has 0 saturated carbocycles. The van der Waals surface area contributed by atoms with Crippen LogP contribution < -0.4 is 5.32 Å². The van der Waals surface area contributed by atoms with Gasteiger partial charge in [-0.2, -0.15) is 0 Å². The second-order valence-electron chi connectivity index (χ2n) is 4.44. The number of hydrogen-bond donors (Lipinski definition) is 1. The highest BCUT2D eigenvalue weighted by atomic mass is 19.1. The van der Waals surface area contributed by atoms with Crippen LogP contribution in [0.4, 0.5) is 10.1 Å². The van der Waals surface area contributed by atoms with E-state index in [4.69, 9.17) is 0 Å². The normalized spacial score (nSPS) is 10.8. The Balaban J connectivity index is 1.87. The average Bonchev–Trinajstić information content (AvgIpc) is 2.74. The first kappa shape index (κ1) is 11.7. The molecule has 0 aliphatic rings. The highest BCUT2D eigenvalue weighted by Crippen LogP contribution is 2.17. The minimum atomic E-state index is -0.238. The second-order valence-corrected chi connectivity index (χ2v) is 4.44. The lowest BCUT2D eigenvalue weighted by molar-refractivity contribution is 0.628. The Morgan fingerprint density at radius 2 is 1.95 bits per heavy atom. The quantitative estimate of drug-likeness (QED) is 0.778. The van der Waals surface area contributed by atoms with Crippen LogP contribution in [0.3, 0.4) is 0 Å². The van der Waals surface area contributed by atoms with Crippen molar-refractivity contribution in [3.63, 3.8) is 0 Å². The van der Waals surface area contributed by atoms with E-state index >= 15 is 0 Å². The monoisotopic (exact) mass is 255 g/mol. The third kappa shape index (κ3) is 2.29. The minimum absolute atomic E-state index is 0.238. The van der Waals surface area contributed by atoms with Crippen molar-refractivity contribution >= 4 is 16.7 Å². The number of aromatic nitrogens is 2. The van der Waals surface area contributed by atoms with Crippen LogP contribution in [0.25, 0.3) is 11.0 Å². The molecular formula is C15H14FN3. The molecule has 0 amide bonds. The lowest BCUT2D eigenvalue weighted by Crippen LogP contribution is -2.05. The molecule has 0 unspecified atom stereocenters. The number of fused-ring (bicyclic) bond motifs is 1. The van der Waals surface area contributed by atoms with E-state index in [-0.39, 0.29) is 5.82 Å². The molecule has 0 aliphatic heterocycles. The topological polar surface area (TPSA) is 29.9 Å². The number of benzene rings is 2. The van der Waals surface area contributed by atoms with Gasteiger partial charge in [-0.15, -0.1) is 0 Å². The number of anilines is 1. The Kier molecular flexibility index (Phi) is 2.91. The molecule has 0 radical (unpaired) electrons. The van der Waals surface area contributed by atoms with E-state index in [1.165, 1.54) is 12.1 Å². The molecule has 3 rings (SSSR count). The lowest BCUT2D eigenvalue weighted by atomic mass is 10.3. The van der Waals surface area contributed by atoms with Gasteiger partial charge in [-0.1, -0.05) is 18.2 Å². The summed E-state index contributed by atoms with van der Waals surface area (Å²) in [7, 11) is 1.90. The maximum atomic E-state index is 13.2. The Morgan fingerprint density at radius 3 is 2.74 bits per heavy atom.